The van der Waals surface area contributed by atoms with Crippen LogP contribution in [-0.4, -0.2) is 0 Å². The molecule has 214 valence electrons. The average Bonchev–Trinajstić information content (AvgIpc) is 3.41. The first-order chi connectivity index (χ1) is 22.3. The van der Waals surface area contributed by atoms with Crippen LogP contribution in [0.2, 0.25) is 0 Å². The Kier molecular flexibility index (Phi) is 6.73. The summed E-state index contributed by atoms with van der Waals surface area (Å²) in [5.74, 6) is 0. The molecule has 7 aromatic rings. The summed E-state index contributed by atoms with van der Waals surface area (Å²) < 4.78 is 0. The van der Waals surface area contributed by atoms with Gasteiger partial charge < -0.3 is 10.2 Å². The Bertz CT molecular complexity index is 1970. The van der Waals surface area contributed by atoms with Gasteiger partial charge in [-0.15, -0.1) is 0 Å². The van der Waals surface area contributed by atoms with Crippen molar-refractivity contribution in [3.05, 3.63) is 210 Å². The number of hydrogen-bond acceptors (Lipinski definition) is 2. The van der Waals surface area contributed by atoms with Crippen molar-refractivity contribution in [3.63, 3.8) is 0 Å². The number of hydrogen-bond donors (Lipinski definition) is 1. The molecule has 0 fully saturated rings. The SMILES string of the molecule is c1ccc(N(c2ccccc2)c2ccc(Nc3ccc4c(c3)C(c3ccccc3)(c3ccccc3)c3ccccc3-4)cc2)cc1. The molecule has 0 spiro atoms. The number of fused-ring (bicyclic) bond motifs is 3. The van der Waals surface area contributed by atoms with Crippen LogP contribution in [0.4, 0.5) is 28.4 Å². The van der Waals surface area contributed by atoms with Gasteiger partial charge in [-0.25, -0.2) is 0 Å². The van der Waals surface area contributed by atoms with E-state index < -0.39 is 5.41 Å². The maximum atomic E-state index is 3.73. The van der Waals surface area contributed by atoms with Gasteiger partial charge in [0.1, 0.15) is 0 Å². The van der Waals surface area contributed by atoms with Crippen LogP contribution in [0, 0.1) is 0 Å². The van der Waals surface area contributed by atoms with Crippen molar-refractivity contribution in [2.45, 2.75) is 5.41 Å². The minimum atomic E-state index is -0.415. The Morgan fingerprint density at radius 3 is 1.38 bits per heavy atom. The maximum absolute atomic E-state index is 3.73. The van der Waals surface area contributed by atoms with E-state index in [4.69, 9.17) is 0 Å². The van der Waals surface area contributed by atoms with Gasteiger partial charge in [-0.2, -0.15) is 0 Å². The summed E-state index contributed by atoms with van der Waals surface area (Å²) in [7, 11) is 0. The lowest BCUT2D eigenvalue weighted by atomic mass is 9.67. The molecule has 0 heterocycles. The fraction of sp³-hybridized carbons (Fsp3) is 0.0233. The highest BCUT2D eigenvalue weighted by Crippen LogP contribution is 2.56. The highest BCUT2D eigenvalue weighted by Gasteiger charge is 2.46. The third kappa shape index (κ3) is 4.59. The van der Waals surface area contributed by atoms with Crippen LogP contribution in [0.25, 0.3) is 11.1 Å². The minimum Gasteiger partial charge on any atom is -0.356 e. The summed E-state index contributed by atoms with van der Waals surface area (Å²) in [5.41, 5.74) is 12.8. The van der Waals surface area contributed by atoms with Crippen molar-refractivity contribution in [1.29, 1.82) is 0 Å². The summed E-state index contributed by atoms with van der Waals surface area (Å²) in [6.45, 7) is 0. The first-order valence-electron chi connectivity index (χ1n) is 15.5. The van der Waals surface area contributed by atoms with Gasteiger partial charge in [-0.1, -0.05) is 127 Å². The zero-order valence-electron chi connectivity index (χ0n) is 24.8. The third-order valence-electron chi connectivity index (χ3n) is 8.90. The summed E-state index contributed by atoms with van der Waals surface area (Å²) in [6, 6.07) is 67.3. The highest BCUT2D eigenvalue weighted by atomic mass is 15.1. The number of nitrogens with zero attached hydrogens (tertiary/aromatic N) is 1. The Morgan fingerprint density at radius 2 is 0.800 bits per heavy atom. The van der Waals surface area contributed by atoms with Crippen LogP contribution >= 0.6 is 0 Å². The van der Waals surface area contributed by atoms with Crippen LogP contribution in [0.3, 0.4) is 0 Å². The van der Waals surface area contributed by atoms with Crippen molar-refractivity contribution in [1.82, 2.24) is 0 Å². The van der Waals surface area contributed by atoms with Crippen molar-refractivity contribution in [2.24, 2.45) is 0 Å². The lowest BCUT2D eigenvalue weighted by Gasteiger charge is -2.34. The average molecular weight is 577 g/mol. The number of rotatable bonds is 7. The summed E-state index contributed by atoms with van der Waals surface area (Å²) >= 11 is 0. The van der Waals surface area contributed by atoms with Gasteiger partial charge in [0.15, 0.2) is 0 Å². The molecule has 2 nitrogen and oxygen atoms in total. The molecule has 1 aliphatic carbocycles. The lowest BCUT2D eigenvalue weighted by molar-refractivity contribution is 0.769. The first kappa shape index (κ1) is 26.7. The molecular weight excluding hydrogens is 544 g/mol. The lowest BCUT2D eigenvalue weighted by Crippen LogP contribution is -2.28. The van der Waals surface area contributed by atoms with E-state index in [1.54, 1.807) is 0 Å². The number of para-hydroxylation sites is 2. The first-order valence-corrected chi connectivity index (χ1v) is 15.5. The standard InChI is InChI=1S/C43H32N2/c1-5-15-32(16-6-1)43(33-17-7-2-8-18-33)41-24-14-13-23-39(41)40-30-27-35(31-42(40)43)44-34-25-28-38(29-26-34)45(36-19-9-3-10-20-36)37-21-11-4-12-22-37/h1-31,44H. The molecule has 2 heteroatoms. The molecule has 0 saturated carbocycles. The van der Waals surface area contributed by atoms with Crippen LogP contribution < -0.4 is 10.2 Å². The molecule has 0 aliphatic heterocycles. The van der Waals surface area contributed by atoms with E-state index in [9.17, 15) is 0 Å². The van der Waals surface area contributed by atoms with Gasteiger partial charge in [0.2, 0.25) is 0 Å². The third-order valence-corrected chi connectivity index (χ3v) is 8.90. The van der Waals surface area contributed by atoms with Gasteiger partial charge >= 0.3 is 0 Å². The molecule has 0 bridgehead atoms. The molecular formula is C43H32N2. The van der Waals surface area contributed by atoms with Gasteiger partial charge in [-0.3, -0.25) is 0 Å². The van der Waals surface area contributed by atoms with Crippen LogP contribution in [-0.2, 0) is 5.41 Å². The van der Waals surface area contributed by atoms with E-state index in [0.717, 1.165) is 28.4 Å². The quantitative estimate of drug-likeness (QED) is 0.203. The molecule has 7 aromatic carbocycles. The minimum absolute atomic E-state index is 0.415. The van der Waals surface area contributed by atoms with E-state index >= 15 is 0 Å². The molecule has 0 unspecified atom stereocenters. The zero-order chi connectivity index (χ0) is 30.1. The molecule has 0 saturated heterocycles. The number of benzene rings is 7. The second kappa shape index (κ2) is 11.3. The number of nitrogens with one attached hydrogen (secondary N) is 1. The second-order valence-corrected chi connectivity index (χ2v) is 11.5. The Balaban J connectivity index is 1.20. The van der Waals surface area contributed by atoms with Gasteiger partial charge in [0, 0.05) is 28.4 Å². The Morgan fingerprint density at radius 1 is 0.356 bits per heavy atom. The predicted octanol–water partition coefficient (Wildman–Crippen LogP) is 11.3. The Hall–Kier alpha value is -5.86. The molecule has 0 atom stereocenters. The van der Waals surface area contributed by atoms with Gasteiger partial charge in [0.25, 0.3) is 0 Å². The van der Waals surface area contributed by atoms with Crippen molar-refractivity contribution in [3.8, 4) is 11.1 Å². The molecule has 1 aliphatic rings. The van der Waals surface area contributed by atoms with E-state index in [1.165, 1.54) is 33.4 Å². The molecule has 8 rings (SSSR count). The molecule has 1 N–H and O–H groups in total. The van der Waals surface area contributed by atoms with Crippen molar-refractivity contribution >= 4 is 28.4 Å². The molecule has 0 amide bonds. The maximum Gasteiger partial charge on any atom is 0.0714 e. The summed E-state index contributed by atoms with van der Waals surface area (Å²) in [5, 5.41) is 3.73. The van der Waals surface area contributed by atoms with Crippen molar-refractivity contribution in [2.75, 3.05) is 10.2 Å². The zero-order valence-corrected chi connectivity index (χ0v) is 24.8. The smallest absolute Gasteiger partial charge is 0.0714 e. The van der Waals surface area contributed by atoms with Crippen molar-refractivity contribution < 1.29 is 0 Å². The fourth-order valence-electron chi connectivity index (χ4n) is 6.98. The van der Waals surface area contributed by atoms with Crippen LogP contribution in [0.5, 0.6) is 0 Å². The topological polar surface area (TPSA) is 15.3 Å². The normalized spacial score (nSPS) is 12.6. The predicted molar refractivity (Wildman–Crippen MR) is 188 cm³/mol. The summed E-state index contributed by atoms with van der Waals surface area (Å²) in [4.78, 5) is 2.28. The molecule has 0 aromatic heterocycles. The number of anilines is 5. The monoisotopic (exact) mass is 576 g/mol. The largest absolute Gasteiger partial charge is 0.356 e. The molecule has 0 radical (unpaired) electrons. The summed E-state index contributed by atoms with van der Waals surface area (Å²) in [6.07, 6.45) is 0. The van der Waals surface area contributed by atoms with Gasteiger partial charge in [0.05, 0.1) is 5.41 Å². The highest BCUT2D eigenvalue weighted by molar-refractivity contribution is 5.88. The van der Waals surface area contributed by atoms with E-state index in [-0.39, 0.29) is 0 Å². The van der Waals surface area contributed by atoms with Crippen LogP contribution in [0.1, 0.15) is 22.3 Å². The van der Waals surface area contributed by atoms with E-state index in [0.29, 0.717) is 0 Å². The van der Waals surface area contributed by atoms with Crippen LogP contribution in [0.15, 0.2) is 188 Å². The van der Waals surface area contributed by atoms with Gasteiger partial charge in [-0.05, 0) is 94.0 Å². The molecule has 45 heavy (non-hydrogen) atoms. The van der Waals surface area contributed by atoms with E-state index in [1.807, 2.05) is 0 Å². The Labute approximate surface area is 264 Å². The fourth-order valence-corrected chi connectivity index (χ4v) is 6.98. The van der Waals surface area contributed by atoms with E-state index in [2.05, 4.69) is 198 Å². The second-order valence-electron chi connectivity index (χ2n) is 11.5.